The van der Waals surface area contributed by atoms with Crippen LogP contribution in [0.15, 0.2) is 0 Å². The first-order valence-corrected chi connectivity index (χ1v) is 6.89. The lowest BCUT2D eigenvalue weighted by Gasteiger charge is -2.42. The molecule has 0 amide bonds. The smallest absolute Gasteiger partial charge is 0.323 e. The van der Waals surface area contributed by atoms with E-state index in [1.807, 2.05) is 4.90 Å². The third kappa shape index (κ3) is 2.01. The maximum Gasteiger partial charge on any atom is 0.323 e. The van der Waals surface area contributed by atoms with Crippen LogP contribution in [0.3, 0.4) is 0 Å². The van der Waals surface area contributed by atoms with Gasteiger partial charge in [0.05, 0.1) is 18.6 Å². The fourth-order valence-electron chi connectivity index (χ4n) is 2.27. The summed E-state index contributed by atoms with van der Waals surface area (Å²) in [6, 6.07) is -0.193. The largest absolute Gasteiger partial charge is 0.468 e. The van der Waals surface area contributed by atoms with Gasteiger partial charge >= 0.3 is 5.97 Å². The predicted molar refractivity (Wildman–Crippen MR) is 54.2 cm³/mol. The molecule has 2 saturated heterocycles. The Morgan fingerprint density at radius 1 is 1.40 bits per heavy atom. The number of likely N-dealkylation sites (tertiary alicyclic amines) is 1. The van der Waals surface area contributed by atoms with E-state index in [1.165, 1.54) is 7.11 Å². The van der Waals surface area contributed by atoms with Crippen LogP contribution >= 0.6 is 0 Å². The minimum Gasteiger partial charge on any atom is -0.468 e. The number of carbonyl (C=O) groups is 1. The molecular formula is C9H15NO4S. The molecule has 6 heteroatoms. The van der Waals surface area contributed by atoms with E-state index in [9.17, 15) is 13.2 Å². The Morgan fingerprint density at radius 3 is 2.53 bits per heavy atom. The van der Waals surface area contributed by atoms with Crippen molar-refractivity contribution in [3.63, 3.8) is 0 Å². The standard InChI is InChI=1S/C9H15NO4S/c1-14-9(11)8-2-4-10(8)7-3-5-15(12,13)6-7/h7-8H,2-6H2,1H3. The van der Waals surface area contributed by atoms with Crippen LogP contribution in [0.1, 0.15) is 12.8 Å². The summed E-state index contributed by atoms with van der Waals surface area (Å²) < 4.78 is 27.2. The molecule has 15 heavy (non-hydrogen) atoms. The summed E-state index contributed by atoms with van der Waals surface area (Å²) in [4.78, 5) is 13.3. The number of esters is 1. The van der Waals surface area contributed by atoms with Crippen molar-refractivity contribution < 1.29 is 17.9 Å². The molecule has 0 bridgehead atoms. The number of nitrogens with zero attached hydrogens (tertiary/aromatic N) is 1. The van der Waals surface area contributed by atoms with E-state index in [0.717, 1.165) is 13.0 Å². The molecule has 0 aromatic rings. The van der Waals surface area contributed by atoms with Gasteiger partial charge in [-0.15, -0.1) is 0 Å². The van der Waals surface area contributed by atoms with Gasteiger partial charge in [-0.05, 0) is 12.8 Å². The topological polar surface area (TPSA) is 63.7 Å². The molecule has 2 aliphatic rings. The maximum absolute atomic E-state index is 11.3. The lowest BCUT2D eigenvalue weighted by molar-refractivity contribution is -0.153. The average molecular weight is 233 g/mol. The highest BCUT2D eigenvalue weighted by atomic mass is 32.2. The second-order valence-corrected chi connectivity index (χ2v) is 6.35. The third-order valence-corrected chi connectivity index (χ3v) is 4.96. The third-order valence-electron chi connectivity index (χ3n) is 3.21. The van der Waals surface area contributed by atoms with Crippen molar-refractivity contribution in [1.82, 2.24) is 4.90 Å². The van der Waals surface area contributed by atoms with Crippen LogP contribution in [-0.4, -0.2) is 56.5 Å². The Bertz CT molecular complexity index is 364. The first kappa shape index (κ1) is 10.9. The molecular weight excluding hydrogens is 218 g/mol. The van der Waals surface area contributed by atoms with Gasteiger partial charge in [-0.3, -0.25) is 9.69 Å². The van der Waals surface area contributed by atoms with Crippen LogP contribution in [0.5, 0.6) is 0 Å². The maximum atomic E-state index is 11.3. The van der Waals surface area contributed by atoms with E-state index in [4.69, 9.17) is 0 Å². The Hall–Kier alpha value is -0.620. The first-order chi connectivity index (χ1) is 7.03. The van der Waals surface area contributed by atoms with E-state index in [0.29, 0.717) is 6.42 Å². The summed E-state index contributed by atoms with van der Waals surface area (Å²) >= 11 is 0. The number of hydrogen-bond acceptors (Lipinski definition) is 5. The quantitative estimate of drug-likeness (QED) is 0.597. The first-order valence-electron chi connectivity index (χ1n) is 5.07. The van der Waals surface area contributed by atoms with Gasteiger partial charge in [-0.2, -0.15) is 0 Å². The molecule has 0 aliphatic carbocycles. The Kier molecular flexibility index (Phi) is 2.72. The molecule has 2 aliphatic heterocycles. The summed E-state index contributed by atoms with van der Waals surface area (Å²) in [7, 11) is -1.50. The van der Waals surface area contributed by atoms with Gasteiger partial charge in [-0.25, -0.2) is 8.42 Å². The van der Waals surface area contributed by atoms with E-state index < -0.39 is 9.84 Å². The highest BCUT2D eigenvalue weighted by Gasteiger charge is 2.43. The van der Waals surface area contributed by atoms with Crippen molar-refractivity contribution >= 4 is 15.8 Å². The number of carbonyl (C=O) groups excluding carboxylic acids is 1. The minimum atomic E-state index is -2.87. The SMILES string of the molecule is COC(=O)C1CCN1C1CCS(=O)(=O)C1. The van der Waals surface area contributed by atoms with Gasteiger partial charge in [0.15, 0.2) is 9.84 Å². The highest BCUT2D eigenvalue weighted by Crippen LogP contribution is 2.27. The van der Waals surface area contributed by atoms with Gasteiger partial charge in [0.2, 0.25) is 0 Å². The lowest BCUT2D eigenvalue weighted by atomic mass is 9.99. The predicted octanol–water partition coefficient (Wildman–Crippen LogP) is -0.579. The fraction of sp³-hybridized carbons (Fsp3) is 0.889. The molecule has 2 fully saturated rings. The van der Waals surface area contributed by atoms with Crippen molar-refractivity contribution in [1.29, 1.82) is 0 Å². The number of hydrogen-bond donors (Lipinski definition) is 0. The van der Waals surface area contributed by atoms with Crippen molar-refractivity contribution in [2.24, 2.45) is 0 Å². The number of sulfone groups is 1. The molecule has 86 valence electrons. The van der Waals surface area contributed by atoms with Crippen LogP contribution < -0.4 is 0 Å². The van der Waals surface area contributed by atoms with Gasteiger partial charge in [0.1, 0.15) is 6.04 Å². The molecule has 0 aromatic heterocycles. The normalized spacial score (nSPS) is 34.7. The molecule has 0 radical (unpaired) electrons. The molecule has 0 saturated carbocycles. The molecule has 5 nitrogen and oxygen atoms in total. The van der Waals surface area contributed by atoms with Gasteiger partial charge in [0.25, 0.3) is 0 Å². The molecule has 2 heterocycles. The lowest BCUT2D eigenvalue weighted by Crippen LogP contribution is -2.57. The molecule has 2 rings (SSSR count). The van der Waals surface area contributed by atoms with E-state index >= 15 is 0 Å². The van der Waals surface area contributed by atoms with E-state index in [2.05, 4.69) is 4.74 Å². The number of rotatable bonds is 2. The van der Waals surface area contributed by atoms with Crippen LogP contribution in [0.25, 0.3) is 0 Å². The molecule has 0 spiro atoms. The molecule has 2 atom stereocenters. The van der Waals surface area contributed by atoms with Gasteiger partial charge < -0.3 is 4.74 Å². The average Bonchev–Trinajstić information content (AvgIpc) is 2.44. The summed E-state index contributed by atoms with van der Waals surface area (Å²) in [6.45, 7) is 0.806. The van der Waals surface area contributed by atoms with Gasteiger partial charge in [-0.1, -0.05) is 0 Å². The zero-order valence-electron chi connectivity index (χ0n) is 8.68. The molecule has 0 N–H and O–H groups in total. The monoisotopic (exact) mass is 233 g/mol. The van der Waals surface area contributed by atoms with Crippen LogP contribution in [0.4, 0.5) is 0 Å². The second-order valence-electron chi connectivity index (χ2n) is 4.12. The second kappa shape index (κ2) is 3.75. The summed E-state index contributed by atoms with van der Waals surface area (Å²) in [6.07, 6.45) is 1.43. The van der Waals surface area contributed by atoms with Crippen molar-refractivity contribution in [2.75, 3.05) is 25.2 Å². The van der Waals surface area contributed by atoms with Crippen LogP contribution in [0.2, 0.25) is 0 Å². The molecule has 2 unspecified atom stereocenters. The number of methoxy groups -OCH3 is 1. The van der Waals surface area contributed by atoms with Crippen LogP contribution in [0, 0.1) is 0 Å². The highest BCUT2D eigenvalue weighted by molar-refractivity contribution is 7.91. The van der Waals surface area contributed by atoms with E-state index in [-0.39, 0.29) is 29.6 Å². The van der Waals surface area contributed by atoms with Crippen molar-refractivity contribution in [3.05, 3.63) is 0 Å². The summed E-state index contributed by atoms with van der Waals surface area (Å²) in [5, 5.41) is 0. The minimum absolute atomic E-state index is 0.0212. The summed E-state index contributed by atoms with van der Waals surface area (Å²) in [5.41, 5.74) is 0. The Morgan fingerprint density at radius 2 is 2.13 bits per heavy atom. The van der Waals surface area contributed by atoms with Gasteiger partial charge in [0, 0.05) is 12.6 Å². The fourth-order valence-corrected chi connectivity index (χ4v) is 4.01. The van der Waals surface area contributed by atoms with Crippen molar-refractivity contribution in [3.8, 4) is 0 Å². The van der Waals surface area contributed by atoms with E-state index in [1.54, 1.807) is 0 Å². The Labute approximate surface area is 89.3 Å². The molecule has 0 aromatic carbocycles. The number of ether oxygens (including phenoxy) is 1. The zero-order valence-corrected chi connectivity index (χ0v) is 9.50. The van der Waals surface area contributed by atoms with Crippen molar-refractivity contribution in [2.45, 2.75) is 24.9 Å². The zero-order chi connectivity index (χ0) is 11.1. The van der Waals surface area contributed by atoms with Crippen LogP contribution in [-0.2, 0) is 19.4 Å². The summed E-state index contributed by atoms with van der Waals surface area (Å²) in [5.74, 6) is 0.202. The Balaban J connectivity index is 1.99.